The number of aromatic nitrogens is 4. The summed E-state index contributed by atoms with van der Waals surface area (Å²) in [5, 5.41) is 10.3. The largest absolute Gasteiger partial charge is 0.349 e. The van der Waals surface area contributed by atoms with E-state index in [-0.39, 0.29) is 23.9 Å². The highest BCUT2D eigenvalue weighted by Crippen LogP contribution is 2.35. The Hall–Kier alpha value is -2.68. The predicted octanol–water partition coefficient (Wildman–Crippen LogP) is 1.13. The summed E-state index contributed by atoms with van der Waals surface area (Å²) in [6, 6.07) is 2.29. The number of likely N-dealkylation sites (tertiary alicyclic amines) is 1. The van der Waals surface area contributed by atoms with Crippen LogP contribution >= 0.6 is 0 Å². The maximum absolute atomic E-state index is 12.5. The molecule has 2 fully saturated rings. The van der Waals surface area contributed by atoms with Gasteiger partial charge in [0.05, 0.1) is 6.54 Å². The number of aromatic amines is 1. The summed E-state index contributed by atoms with van der Waals surface area (Å²) in [6.45, 7) is 3.95. The summed E-state index contributed by atoms with van der Waals surface area (Å²) in [6.07, 6.45) is 8.41. The zero-order valence-electron chi connectivity index (χ0n) is 17.7. The zero-order valence-corrected chi connectivity index (χ0v) is 17.7. The van der Waals surface area contributed by atoms with Gasteiger partial charge in [0, 0.05) is 56.7 Å². The maximum Gasteiger partial charge on any atom is 0.271 e. The van der Waals surface area contributed by atoms with E-state index in [0.29, 0.717) is 25.2 Å². The summed E-state index contributed by atoms with van der Waals surface area (Å²) in [5.41, 5.74) is 1.41. The van der Waals surface area contributed by atoms with E-state index in [1.54, 1.807) is 23.1 Å². The number of carbonyl (C=O) groups is 2. The minimum absolute atomic E-state index is 0.0471. The van der Waals surface area contributed by atoms with Crippen molar-refractivity contribution >= 4 is 11.8 Å². The van der Waals surface area contributed by atoms with Crippen molar-refractivity contribution in [2.45, 2.75) is 57.7 Å². The van der Waals surface area contributed by atoms with Crippen LogP contribution in [0, 0.1) is 12.8 Å². The molecule has 0 radical (unpaired) electrons. The molecule has 2 aromatic rings. The SMILES string of the molecule is Cc1cc(C(=O)NC[C@@H]2CC[C@H](CC(=O)NCc3ncc[nH]3)N2CC2CC2)nn1C. The van der Waals surface area contributed by atoms with E-state index >= 15 is 0 Å². The molecule has 0 spiro atoms. The molecule has 9 heteroatoms. The van der Waals surface area contributed by atoms with Crippen LogP contribution in [0.5, 0.6) is 0 Å². The molecule has 0 bridgehead atoms. The molecule has 3 heterocycles. The van der Waals surface area contributed by atoms with E-state index in [2.05, 4.69) is 30.6 Å². The fourth-order valence-corrected chi connectivity index (χ4v) is 4.19. The Morgan fingerprint density at radius 2 is 2.00 bits per heavy atom. The predicted molar refractivity (Wildman–Crippen MR) is 112 cm³/mol. The number of hydrogen-bond acceptors (Lipinski definition) is 5. The number of amides is 2. The lowest BCUT2D eigenvalue weighted by Gasteiger charge is -2.30. The normalized spacial score (nSPS) is 21.7. The van der Waals surface area contributed by atoms with Gasteiger partial charge in [0.25, 0.3) is 5.91 Å². The molecule has 162 valence electrons. The second-order valence-electron chi connectivity index (χ2n) is 8.55. The molecule has 2 aromatic heterocycles. The first-order valence-corrected chi connectivity index (χ1v) is 10.8. The minimum Gasteiger partial charge on any atom is -0.349 e. The molecule has 30 heavy (non-hydrogen) atoms. The number of H-pyrrole nitrogens is 1. The van der Waals surface area contributed by atoms with Gasteiger partial charge in [-0.1, -0.05) is 0 Å². The Labute approximate surface area is 176 Å². The van der Waals surface area contributed by atoms with Gasteiger partial charge < -0.3 is 15.6 Å². The monoisotopic (exact) mass is 413 g/mol. The number of nitrogens with one attached hydrogen (secondary N) is 3. The third-order valence-electron chi connectivity index (χ3n) is 6.21. The Kier molecular flexibility index (Phi) is 6.17. The van der Waals surface area contributed by atoms with Crippen LogP contribution in [0.1, 0.15) is 54.1 Å². The van der Waals surface area contributed by atoms with Crippen molar-refractivity contribution in [2.75, 3.05) is 13.1 Å². The number of aryl methyl sites for hydroxylation is 2. The van der Waals surface area contributed by atoms with Crippen LogP contribution in [-0.2, 0) is 18.4 Å². The number of nitrogens with zero attached hydrogens (tertiary/aromatic N) is 4. The van der Waals surface area contributed by atoms with E-state index < -0.39 is 0 Å². The first kappa shape index (κ1) is 20.6. The van der Waals surface area contributed by atoms with E-state index in [1.807, 2.05) is 14.0 Å². The molecule has 2 atom stereocenters. The molecule has 2 aliphatic rings. The van der Waals surface area contributed by atoms with Gasteiger partial charge in [-0.25, -0.2) is 4.98 Å². The summed E-state index contributed by atoms with van der Waals surface area (Å²) in [5.74, 6) is 1.40. The molecule has 1 aliphatic carbocycles. The summed E-state index contributed by atoms with van der Waals surface area (Å²) in [4.78, 5) is 34.6. The van der Waals surface area contributed by atoms with Gasteiger partial charge in [0.15, 0.2) is 0 Å². The van der Waals surface area contributed by atoms with Gasteiger partial charge in [-0.05, 0) is 44.6 Å². The lowest BCUT2D eigenvalue weighted by molar-refractivity contribution is -0.122. The molecular formula is C21H31N7O2. The molecule has 0 unspecified atom stereocenters. The van der Waals surface area contributed by atoms with E-state index in [0.717, 1.165) is 36.8 Å². The maximum atomic E-state index is 12.5. The molecule has 1 saturated carbocycles. The first-order chi connectivity index (χ1) is 14.5. The Bertz CT molecular complexity index is 853. The van der Waals surface area contributed by atoms with Crippen LogP contribution in [0.3, 0.4) is 0 Å². The third kappa shape index (κ3) is 5.08. The zero-order chi connectivity index (χ0) is 21.1. The van der Waals surface area contributed by atoms with Crippen molar-refractivity contribution in [1.82, 2.24) is 35.3 Å². The smallest absolute Gasteiger partial charge is 0.271 e. The lowest BCUT2D eigenvalue weighted by Crippen LogP contribution is -2.45. The van der Waals surface area contributed by atoms with Crippen molar-refractivity contribution in [3.05, 3.63) is 35.7 Å². The number of hydrogen-bond donors (Lipinski definition) is 3. The van der Waals surface area contributed by atoms with Gasteiger partial charge in [-0.2, -0.15) is 5.10 Å². The Balaban J connectivity index is 1.30. The van der Waals surface area contributed by atoms with Crippen LogP contribution in [-0.4, -0.2) is 61.6 Å². The van der Waals surface area contributed by atoms with Crippen molar-refractivity contribution in [3.63, 3.8) is 0 Å². The van der Waals surface area contributed by atoms with Crippen molar-refractivity contribution < 1.29 is 9.59 Å². The molecular weight excluding hydrogens is 382 g/mol. The van der Waals surface area contributed by atoms with Gasteiger partial charge in [0.2, 0.25) is 5.91 Å². The lowest BCUT2D eigenvalue weighted by atomic mass is 10.1. The fourth-order valence-electron chi connectivity index (χ4n) is 4.19. The molecule has 2 amide bonds. The Morgan fingerprint density at radius 1 is 1.20 bits per heavy atom. The van der Waals surface area contributed by atoms with Gasteiger partial charge >= 0.3 is 0 Å². The second-order valence-corrected chi connectivity index (χ2v) is 8.55. The highest BCUT2D eigenvalue weighted by Gasteiger charge is 2.38. The standard InChI is InChI=1S/C21H31N7O2/c1-14-9-18(26-27(14)2)21(30)25-11-17-6-5-16(28(17)13-15-3-4-15)10-20(29)24-12-19-22-7-8-23-19/h7-9,15-17H,3-6,10-13H2,1-2H3,(H,22,23)(H,24,29)(H,25,30)/t16-,17+/m1/s1. The molecule has 0 aromatic carbocycles. The molecule has 9 nitrogen and oxygen atoms in total. The fraction of sp³-hybridized carbons (Fsp3) is 0.619. The number of carbonyl (C=O) groups excluding carboxylic acids is 2. The van der Waals surface area contributed by atoms with Crippen LogP contribution in [0.2, 0.25) is 0 Å². The summed E-state index contributed by atoms with van der Waals surface area (Å²) >= 11 is 0. The van der Waals surface area contributed by atoms with Crippen LogP contribution in [0.4, 0.5) is 0 Å². The number of imidazole rings is 1. The van der Waals surface area contributed by atoms with Crippen molar-refractivity contribution in [1.29, 1.82) is 0 Å². The number of rotatable bonds is 9. The minimum atomic E-state index is -0.135. The van der Waals surface area contributed by atoms with Gasteiger partial charge in [0.1, 0.15) is 11.5 Å². The molecule has 4 rings (SSSR count). The van der Waals surface area contributed by atoms with Crippen molar-refractivity contribution in [3.8, 4) is 0 Å². The van der Waals surface area contributed by atoms with Gasteiger partial charge in [-0.3, -0.25) is 19.2 Å². The highest BCUT2D eigenvalue weighted by atomic mass is 16.2. The van der Waals surface area contributed by atoms with E-state index in [1.165, 1.54) is 12.8 Å². The van der Waals surface area contributed by atoms with Crippen LogP contribution in [0.15, 0.2) is 18.5 Å². The third-order valence-corrected chi connectivity index (χ3v) is 6.21. The quantitative estimate of drug-likeness (QED) is 0.571. The first-order valence-electron chi connectivity index (χ1n) is 10.8. The summed E-state index contributed by atoms with van der Waals surface area (Å²) in [7, 11) is 1.84. The molecule has 1 aliphatic heterocycles. The van der Waals surface area contributed by atoms with Gasteiger partial charge in [-0.15, -0.1) is 0 Å². The average Bonchev–Trinajstić information content (AvgIpc) is 3.09. The topological polar surface area (TPSA) is 108 Å². The Morgan fingerprint density at radius 3 is 2.67 bits per heavy atom. The van der Waals surface area contributed by atoms with Crippen LogP contribution in [0.25, 0.3) is 0 Å². The van der Waals surface area contributed by atoms with Crippen molar-refractivity contribution in [2.24, 2.45) is 13.0 Å². The second kappa shape index (κ2) is 8.99. The molecule has 1 saturated heterocycles. The van der Waals surface area contributed by atoms with E-state index in [4.69, 9.17) is 0 Å². The summed E-state index contributed by atoms with van der Waals surface area (Å²) < 4.78 is 1.71. The average molecular weight is 414 g/mol. The molecule has 3 N–H and O–H groups in total. The van der Waals surface area contributed by atoms with E-state index in [9.17, 15) is 9.59 Å². The van der Waals surface area contributed by atoms with Crippen LogP contribution < -0.4 is 10.6 Å². The highest BCUT2D eigenvalue weighted by molar-refractivity contribution is 5.92.